The quantitative estimate of drug-likeness (QED) is 0.299. The number of carbonyl (C=O) groups is 2. The smallest absolute Gasteiger partial charge is 0.321 e. The van der Waals surface area contributed by atoms with Gasteiger partial charge in [-0.1, -0.05) is 6.42 Å². The number of carbonyl (C=O) groups excluding carboxylic acids is 2. The van der Waals surface area contributed by atoms with Gasteiger partial charge < -0.3 is 9.47 Å². The highest BCUT2D eigenvalue weighted by Crippen LogP contribution is 2.48. The standard InChI is InChI=1S/C12H19NO6/c1-3-18-10(14)9(11(15)19-4-2)12(6-5-7-12)8-13(16)17/h9H,3-8H2,1-2H3. The number of nitro groups is 1. The van der Waals surface area contributed by atoms with E-state index >= 15 is 0 Å². The SMILES string of the molecule is CCOC(=O)C(C(=O)OCC)C1(C[N+](=O)[O-])CCC1. The van der Waals surface area contributed by atoms with Gasteiger partial charge >= 0.3 is 11.9 Å². The van der Waals surface area contributed by atoms with E-state index in [-0.39, 0.29) is 13.2 Å². The highest BCUT2D eigenvalue weighted by molar-refractivity contribution is 5.96. The second-order valence-electron chi connectivity index (χ2n) is 4.64. The Balaban J connectivity index is 2.96. The van der Waals surface area contributed by atoms with Gasteiger partial charge in [0.15, 0.2) is 5.92 Å². The highest BCUT2D eigenvalue weighted by atomic mass is 16.6. The molecule has 7 heteroatoms. The van der Waals surface area contributed by atoms with Crippen molar-refractivity contribution in [3.05, 3.63) is 10.1 Å². The van der Waals surface area contributed by atoms with Crippen LogP contribution in [0.25, 0.3) is 0 Å². The Morgan fingerprint density at radius 3 is 1.95 bits per heavy atom. The van der Waals surface area contributed by atoms with Crippen molar-refractivity contribution >= 4 is 11.9 Å². The Morgan fingerprint density at radius 2 is 1.68 bits per heavy atom. The van der Waals surface area contributed by atoms with E-state index in [2.05, 4.69) is 0 Å². The Hall–Kier alpha value is -1.66. The van der Waals surface area contributed by atoms with Gasteiger partial charge in [0, 0.05) is 4.92 Å². The minimum Gasteiger partial charge on any atom is -0.465 e. The van der Waals surface area contributed by atoms with Crippen LogP contribution in [-0.4, -0.2) is 36.6 Å². The molecule has 108 valence electrons. The fourth-order valence-electron chi connectivity index (χ4n) is 2.47. The number of ether oxygens (including phenoxy) is 2. The normalized spacial score (nSPS) is 16.6. The average molecular weight is 273 g/mol. The van der Waals surface area contributed by atoms with Crippen LogP contribution in [-0.2, 0) is 19.1 Å². The number of rotatable bonds is 7. The van der Waals surface area contributed by atoms with E-state index in [1.807, 2.05) is 0 Å². The second kappa shape index (κ2) is 6.49. The molecule has 1 fully saturated rings. The summed E-state index contributed by atoms with van der Waals surface area (Å²) >= 11 is 0. The lowest BCUT2D eigenvalue weighted by Gasteiger charge is -2.41. The number of nitrogens with zero attached hydrogens (tertiary/aromatic N) is 1. The monoisotopic (exact) mass is 273 g/mol. The van der Waals surface area contributed by atoms with E-state index in [9.17, 15) is 19.7 Å². The van der Waals surface area contributed by atoms with Crippen LogP contribution in [0.3, 0.4) is 0 Å². The molecule has 1 aliphatic carbocycles. The van der Waals surface area contributed by atoms with Gasteiger partial charge in [0.25, 0.3) is 0 Å². The Kier molecular flexibility index (Phi) is 5.26. The summed E-state index contributed by atoms with van der Waals surface area (Å²) in [5, 5.41) is 10.8. The summed E-state index contributed by atoms with van der Waals surface area (Å²) < 4.78 is 9.75. The molecule has 0 aromatic heterocycles. The summed E-state index contributed by atoms with van der Waals surface area (Å²) in [6.07, 6.45) is 1.70. The Bertz CT molecular complexity index is 345. The first-order valence-corrected chi connectivity index (χ1v) is 6.42. The fraction of sp³-hybridized carbons (Fsp3) is 0.833. The summed E-state index contributed by atoms with van der Waals surface area (Å²) in [6, 6.07) is 0. The molecular formula is C12H19NO6. The molecule has 0 heterocycles. The summed E-state index contributed by atoms with van der Waals surface area (Å²) in [6.45, 7) is 3.10. The zero-order valence-electron chi connectivity index (χ0n) is 11.2. The molecule has 0 unspecified atom stereocenters. The van der Waals surface area contributed by atoms with Gasteiger partial charge in [-0.3, -0.25) is 19.7 Å². The van der Waals surface area contributed by atoms with E-state index in [4.69, 9.17) is 9.47 Å². The lowest BCUT2D eigenvalue weighted by Crippen LogP contribution is -2.51. The van der Waals surface area contributed by atoms with Crippen molar-refractivity contribution in [2.75, 3.05) is 19.8 Å². The Labute approximate surface area is 111 Å². The lowest BCUT2D eigenvalue weighted by atomic mass is 9.61. The minimum atomic E-state index is -1.19. The maximum Gasteiger partial charge on any atom is 0.321 e. The first-order valence-electron chi connectivity index (χ1n) is 6.42. The van der Waals surface area contributed by atoms with E-state index in [1.54, 1.807) is 13.8 Å². The van der Waals surface area contributed by atoms with Gasteiger partial charge in [0.05, 0.1) is 18.6 Å². The molecule has 0 atom stereocenters. The van der Waals surface area contributed by atoms with Crippen molar-refractivity contribution in [2.45, 2.75) is 33.1 Å². The predicted molar refractivity (Wildman–Crippen MR) is 64.9 cm³/mol. The number of hydrogen-bond acceptors (Lipinski definition) is 6. The summed E-state index contributed by atoms with van der Waals surface area (Å²) in [7, 11) is 0. The van der Waals surface area contributed by atoms with Crippen LogP contribution in [0.5, 0.6) is 0 Å². The molecule has 1 rings (SSSR count). The molecule has 0 aliphatic heterocycles. The zero-order valence-corrected chi connectivity index (χ0v) is 11.2. The van der Waals surface area contributed by atoms with Crippen LogP contribution in [0.4, 0.5) is 0 Å². The zero-order chi connectivity index (χ0) is 14.5. The molecule has 19 heavy (non-hydrogen) atoms. The number of esters is 2. The van der Waals surface area contributed by atoms with Gasteiger partial charge in [0.1, 0.15) is 0 Å². The number of hydrogen-bond donors (Lipinski definition) is 0. The predicted octanol–water partition coefficient (Wildman–Crippen LogP) is 1.18. The first-order chi connectivity index (χ1) is 8.96. The van der Waals surface area contributed by atoms with Gasteiger partial charge in [-0.2, -0.15) is 0 Å². The minimum absolute atomic E-state index is 0.128. The molecule has 7 nitrogen and oxygen atoms in total. The van der Waals surface area contributed by atoms with E-state index in [0.717, 1.165) is 6.42 Å². The maximum absolute atomic E-state index is 11.9. The molecule has 1 saturated carbocycles. The molecule has 0 amide bonds. The van der Waals surface area contributed by atoms with Gasteiger partial charge in [-0.25, -0.2) is 0 Å². The largest absolute Gasteiger partial charge is 0.465 e. The van der Waals surface area contributed by atoms with E-state index in [0.29, 0.717) is 12.8 Å². The van der Waals surface area contributed by atoms with Gasteiger partial charge in [-0.05, 0) is 26.7 Å². The fourth-order valence-corrected chi connectivity index (χ4v) is 2.47. The van der Waals surface area contributed by atoms with Crippen LogP contribution in [0.2, 0.25) is 0 Å². The van der Waals surface area contributed by atoms with Crippen LogP contribution in [0.1, 0.15) is 33.1 Å². The second-order valence-corrected chi connectivity index (χ2v) is 4.64. The third-order valence-electron chi connectivity index (χ3n) is 3.45. The highest BCUT2D eigenvalue weighted by Gasteiger charge is 2.56. The van der Waals surface area contributed by atoms with Gasteiger partial charge in [-0.15, -0.1) is 0 Å². The topological polar surface area (TPSA) is 95.7 Å². The third-order valence-corrected chi connectivity index (χ3v) is 3.45. The van der Waals surface area contributed by atoms with Crippen LogP contribution in [0.15, 0.2) is 0 Å². The first kappa shape index (κ1) is 15.4. The molecule has 0 radical (unpaired) electrons. The van der Waals surface area contributed by atoms with Crippen molar-refractivity contribution in [3.8, 4) is 0 Å². The molecule has 1 aliphatic rings. The van der Waals surface area contributed by atoms with Crippen molar-refractivity contribution < 1.29 is 24.0 Å². The van der Waals surface area contributed by atoms with Crippen molar-refractivity contribution in [3.63, 3.8) is 0 Å². The van der Waals surface area contributed by atoms with E-state index in [1.165, 1.54) is 0 Å². The lowest BCUT2D eigenvalue weighted by molar-refractivity contribution is -0.503. The summed E-state index contributed by atoms with van der Waals surface area (Å²) in [5.74, 6) is -2.63. The molecule has 0 saturated heterocycles. The van der Waals surface area contributed by atoms with Crippen molar-refractivity contribution in [1.82, 2.24) is 0 Å². The van der Waals surface area contributed by atoms with Crippen molar-refractivity contribution in [1.29, 1.82) is 0 Å². The van der Waals surface area contributed by atoms with Crippen molar-refractivity contribution in [2.24, 2.45) is 11.3 Å². The summed E-state index contributed by atoms with van der Waals surface area (Å²) in [4.78, 5) is 34.2. The van der Waals surface area contributed by atoms with Crippen LogP contribution in [0, 0.1) is 21.4 Å². The van der Waals surface area contributed by atoms with Crippen LogP contribution < -0.4 is 0 Å². The summed E-state index contributed by atoms with van der Waals surface area (Å²) in [5.41, 5.74) is -0.942. The van der Waals surface area contributed by atoms with Crippen LogP contribution >= 0.6 is 0 Å². The van der Waals surface area contributed by atoms with E-state index < -0.39 is 34.7 Å². The average Bonchev–Trinajstić information content (AvgIpc) is 2.26. The third kappa shape index (κ3) is 3.42. The molecule has 0 N–H and O–H groups in total. The molecule has 0 bridgehead atoms. The van der Waals surface area contributed by atoms with Gasteiger partial charge in [0.2, 0.25) is 6.54 Å². The molecule has 0 spiro atoms. The Morgan fingerprint density at radius 1 is 1.21 bits per heavy atom. The maximum atomic E-state index is 11.9. The molecule has 0 aromatic rings. The molecular weight excluding hydrogens is 254 g/mol. The molecule has 0 aromatic carbocycles.